The third kappa shape index (κ3) is 4.03. The summed E-state index contributed by atoms with van der Waals surface area (Å²) in [6, 6.07) is 2.22. The third-order valence-corrected chi connectivity index (χ3v) is 3.45. The molecule has 0 unspecified atom stereocenters. The van der Waals surface area contributed by atoms with Crippen LogP contribution in [0.2, 0.25) is 0 Å². The first kappa shape index (κ1) is 15.9. The zero-order valence-electron chi connectivity index (χ0n) is 12.0. The van der Waals surface area contributed by atoms with E-state index in [1.54, 1.807) is 26.8 Å². The van der Waals surface area contributed by atoms with E-state index in [0.717, 1.165) is 17.7 Å². The Morgan fingerprint density at radius 2 is 1.90 bits per heavy atom. The van der Waals surface area contributed by atoms with Crippen molar-refractivity contribution in [1.29, 1.82) is 0 Å². The molecule has 0 aliphatic carbocycles. The van der Waals surface area contributed by atoms with E-state index in [1.807, 2.05) is 0 Å². The first-order valence-corrected chi connectivity index (χ1v) is 7.27. The van der Waals surface area contributed by atoms with Gasteiger partial charge in [-0.05, 0) is 60.5 Å². The maximum atomic E-state index is 13.7. The molecule has 6 heteroatoms. The molecule has 0 atom stereocenters. The molecular weight excluding hydrogens is 344 g/mol. The molecular formula is C15H16BrF2NO2. The molecule has 0 bridgehead atoms. The number of carbonyl (C=O) groups is 1. The fourth-order valence-electron chi connectivity index (χ4n) is 1.86. The van der Waals surface area contributed by atoms with E-state index < -0.39 is 23.3 Å². The van der Waals surface area contributed by atoms with Gasteiger partial charge in [-0.1, -0.05) is 0 Å². The van der Waals surface area contributed by atoms with Gasteiger partial charge in [-0.15, -0.1) is 0 Å². The van der Waals surface area contributed by atoms with Crippen molar-refractivity contribution < 1.29 is 18.3 Å². The normalized spacial score (nSPS) is 14.8. The lowest BCUT2D eigenvalue weighted by atomic mass is 10.0. The Balaban J connectivity index is 2.01. The zero-order chi connectivity index (χ0) is 15.8. The van der Waals surface area contributed by atoms with Crippen molar-refractivity contribution in [2.24, 2.45) is 0 Å². The van der Waals surface area contributed by atoms with E-state index in [9.17, 15) is 13.6 Å². The number of ether oxygens (including phenoxy) is 1. The Morgan fingerprint density at radius 3 is 2.48 bits per heavy atom. The Bertz CT molecular complexity index is 600. The van der Waals surface area contributed by atoms with E-state index in [0.29, 0.717) is 13.1 Å². The number of carbonyl (C=O) groups excluding carboxylic acids is 1. The summed E-state index contributed by atoms with van der Waals surface area (Å²) >= 11 is 2.93. The second kappa shape index (κ2) is 5.75. The van der Waals surface area contributed by atoms with Gasteiger partial charge >= 0.3 is 6.09 Å². The molecule has 2 rings (SSSR count). The van der Waals surface area contributed by atoms with E-state index >= 15 is 0 Å². The van der Waals surface area contributed by atoms with Gasteiger partial charge in [0.15, 0.2) is 0 Å². The molecule has 0 aromatic heterocycles. The van der Waals surface area contributed by atoms with Crippen LogP contribution in [0.5, 0.6) is 0 Å². The number of halogens is 3. The van der Waals surface area contributed by atoms with Gasteiger partial charge < -0.3 is 9.64 Å². The van der Waals surface area contributed by atoms with Gasteiger partial charge in [0.2, 0.25) is 0 Å². The van der Waals surface area contributed by atoms with Crippen LogP contribution in [0.3, 0.4) is 0 Å². The first-order valence-electron chi connectivity index (χ1n) is 6.47. The van der Waals surface area contributed by atoms with Gasteiger partial charge in [0, 0.05) is 18.7 Å². The summed E-state index contributed by atoms with van der Waals surface area (Å²) in [5.41, 5.74) is 0.480. The molecule has 21 heavy (non-hydrogen) atoms. The van der Waals surface area contributed by atoms with Crippen LogP contribution in [-0.4, -0.2) is 29.7 Å². The second-order valence-corrected chi connectivity index (χ2v) is 6.78. The summed E-state index contributed by atoms with van der Waals surface area (Å²) in [5.74, 6) is -1.03. The molecule has 114 valence electrons. The Kier molecular flexibility index (Phi) is 4.37. The number of nitrogens with zero attached hydrogens (tertiary/aromatic N) is 1. The summed E-state index contributed by atoms with van der Waals surface area (Å²) in [4.78, 5) is 13.2. The van der Waals surface area contributed by atoms with Crippen LogP contribution in [0.1, 0.15) is 26.3 Å². The van der Waals surface area contributed by atoms with Gasteiger partial charge in [-0.3, -0.25) is 0 Å². The van der Waals surface area contributed by atoms with Crippen LogP contribution in [0.4, 0.5) is 13.6 Å². The van der Waals surface area contributed by atoms with Gasteiger partial charge in [0.05, 0.1) is 4.47 Å². The number of hydrogen-bond donors (Lipinski definition) is 0. The zero-order valence-corrected chi connectivity index (χ0v) is 13.6. The SMILES string of the molecule is CC(C)(C)OC(=O)N1CC(=Cc2cc(F)c(Br)cc2F)C1. The lowest BCUT2D eigenvalue weighted by Gasteiger charge is -2.35. The molecule has 1 aromatic carbocycles. The van der Waals surface area contributed by atoms with E-state index in [4.69, 9.17) is 4.74 Å². The van der Waals surface area contributed by atoms with Crippen LogP contribution in [-0.2, 0) is 4.74 Å². The van der Waals surface area contributed by atoms with Crippen molar-refractivity contribution in [3.8, 4) is 0 Å². The summed E-state index contributed by atoms with van der Waals surface area (Å²) in [5, 5.41) is 0. The van der Waals surface area contributed by atoms with Crippen molar-refractivity contribution in [1.82, 2.24) is 4.90 Å². The standard InChI is InChI=1S/C15H16BrF2NO2/c1-15(2,3)21-14(20)19-7-9(8-19)4-10-5-13(18)11(16)6-12(10)17/h4-6H,7-8H2,1-3H3. The summed E-state index contributed by atoms with van der Waals surface area (Å²) in [6.07, 6.45) is 1.16. The van der Waals surface area contributed by atoms with Crippen LogP contribution in [0.15, 0.2) is 22.2 Å². The highest BCUT2D eigenvalue weighted by atomic mass is 79.9. The highest BCUT2D eigenvalue weighted by Crippen LogP contribution is 2.25. The van der Waals surface area contributed by atoms with Crippen molar-refractivity contribution in [3.05, 3.63) is 39.4 Å². The molecule has 0 N–H and O–H groups in total. The highest BCUT2D eigenvalue weighted by molar-refractivity contribution is 9.10. The number of rotatable bonds is 1. The van der Waals surface area contributed by atoms with Crippen LogP contribution >= 0.6 is 15.9 Å². The van der Waals surface area contributed by atoms with Gasteiger partial charge in [-0.2, -0.15) is 0 Å². The van der Waals surface area contributed by atoms with E-state index in [2.05, 4.69) is 15.9 Å². The van der Waals surface area contributed by atoms with Gasteiger partial charge in [-0.25, -0.2) is 13.6 Å². The predicted octanol–water partition coefficient (Wildman–Crippen LogP) is 4.36. The summed E-state index contributed by atoms with van der Waals surface area (Å²) in [7, 11) is 0. The summed E-state index contributed by atoms with van der Waals surface area (Å²) < 4.78 is 32.4. The Labute approximate surface area is 130 Å². The molecule has 1 heterocycles. The minimum Gasteiger partial charge on any atom is -0.444 e. The van der Waals surface area contributed by atoms with Crippen molar-refractivity contribution >= 4 is 28.1 Å². The molecule has 1 aromatic rings. The maximum absolute atomic E-state index is 13.7. The van der Waals surface area contributed by atoms with Crippen LogP contribution in [0, 0.1) is 11.6 Å². The number of likely N-dealkylation sites (tertiary alicyclic amines) is 1. The fourth-order valence-corrected chi connectivity index (χ4v) is 2.17. The van der Waals surface area contributed by atoms with Crippen LogP contribution < -0.4 is 0 Å². The average Bonchev–Trinajstić information content (AvgIpc) is 2.26. The number of benzene rings is 1. The minimum atomic E-state index is -0.544. The smallest absolute Gasteiger partial charge is 0.410 e. The van der Waals surface area contributed by atoms with Crippen molar-refractivity contribution in [3.63, 3.8) is 0 Å². The van der Waals surface area contributed by atoms with Crippen LogP contribution in [0.25, 0.3) is 6.08 Å². The van der Waals surface area contributed by atoms with Gasteiger partial charge in [0.1, 0.15) is 17.2 Å². The topological polar surface area (TPSA) is 29.5 Å². The second-order valence-electron chi connectivity index (χ2n) is 5.93. The fraction of sp³-hybridized carbons (Fsp3) is 0.400. The van der Waals surface area contributed by atoms with E-state index in [1.165, 1.54) is 4.90 Å². The van der Waals surface area contributed by atoms with Crippen molar-refractivity contribution in [2.45, 2.75) is 26.4 Å². The molecule has 1 aliphatic heterocycles. The maximum Gasteiger partial charge on any atom is 0.410 e. The molecule has 1 aliphatic rings. The lowest BCUT2D eigenvalue weighted by molar-refractivity contribution is 0.0216. The van der Waals surface area contributed by atoms with E-state index in [-0.39, 0.29) is 10.0 Å². The minimum absolute atomic E-state index is 0.0890. The van der Waals surface area contributed by atoms with Crippen molar-refractivity contribution in [2.75, 3.05) is 13.1 Å². The first-order chi connectivity index (χ1) is 9.65. The molecule has 0 saturated carbocycles. The summed E-state index contributed by atoms with van der Waals surface area (Å²) in [6.45, 7) is 6.11. The average molecular weight is 360 g/mol. The quantitative estimate of drug-likeness (QED) is 0.697. The number of amides is 1. The molecule has 1 fully saturated rings. The number of hydrogen-bond acceptors (Lipinski definition) is 2. The molecule has 3 nitrogen and oxygen atoms in total. The third-order valence-electron chi connectivity index (χ3n) is 2.84. The lowest BCUT2D eigenvalue weighted by Crippen LogP contribution is -2.46. The van der Waals surface area contributed by atoms with Gasteiger partial charge in [0.25, 0.3) is 0 Å². The molecule has 0 spiro atoms. The Hall–Kier alpha value is -1.43. The molecule has 1 amide bonds. The highest BCUT2D eigenvalue weighted by Gasteiger charge is 2.29. The predicted molar refractivity (Wildman–Crippen MR) is 79.8 cm³/mol. The Morgan fingerprint density at radius 1 is 1.29 bits per heavy atom. The molecule has 1 saturated heterocycles. The molecule has 0 radical (unpaired) electrons. The monoisotopic (exact) mass is 359 g/mol. The largest absolute Gasteiger partial charge is 0.444 e.